The lowest BCUT2D eigenvalue weighted by atomic mass is 9.81. The van der Waals surface area contributed by atoms with Crippen molar-refractivity contribution >= 4 is 6.09 Å². The highest BCUT2D eigenvalue weighted by Gasteiger charge is 2.48. The quantitative estimate of drug-likeness (QED) is 0.840. The predicted molar refractivity (Wildman–Crippen MR) is 92.4 cm³/mol. The normalized spacial score (nSPS) is 29.6. The molecule has 2 aliphatic rings. The average Bonchev–Trinajstić information content (AvgIpc) is 2.89. The van der Waals surface area contributed by atoms with Crippen LogP contribution >= 0.6 is 0 Å². The summed E-state index contributed by atoms with van der Waals surface area (Å²) in [4.78, 5) is 14.3. The zero-order valence-electron chi connectivity index (χ0n) is 15.8. The van der Waals surface area contributed by atoms with Gasteiger partial charge in [0.15, 0.2) is 0 Å². The van der Waals surface area contributed by atoms with Crippen LogP contribution in [0.5, 0.6) is 0 Å². The van der Waals surface area contributed by atoms with Gasteiger partial charge in [-0.2, -0.15) is 5.10 Å². The van der Waals surface area contributed by atoms with Gasteiger partial charge in [-0.15, -0.1) is 0 Å². The van der Waals surface area contributed by atoms with Gasteiger partial charge < -0.3 is 19.5 Å². The molecule has 1 N–H and O–H groups in total. The van der Waals surface area contributed by atoms with E-state index in [1.807, 2.05) is 45.5 Å². The molecule has 7 nitrogen and oxygen atoms in total. The van der Waals surface area contributed by atoms with Crippen LogP contribution in [0.4, 0.5) is 4.79 Å². The maximum Gasteiger partial charge on any atom is 0.410 e. The van der Waals surface area contributed by atoms with Crippen molar-refractivity contribution in [3.05, 3.63) is 17.5 Å². The van der Waals surface area contributed by atoms with Crippen LogP contribution < -0.4 is 0 Å². The molecule has 2 aliphatic heterocycles. The fraction of sp³-hybridized carbons (Fsp3) is 0.778. The molecule has 25 heavy (non-hydrogen) atoms. The molecule has 0 bridgehead atoms. The first-order valence-corrected chi connectivity index (χ1v) is 8.96. The number of likely N-dealkylation sites (tertiary alicyclic amines) is 1. The second-order valence-corrected chi connectivity index (χ2v) is 8.24. The van der Waals surface area contributed by atoms with Crippen LogP contribution in [0.1, 0.15) is 57.8 Å². The molecule has 7 heteroatoms. The van der Waals surface area contributed by atoms with Gasteiger partial charge >= 0.3 is 6.09 Å². The van der Waals surface area contributed by atoms with Crippen LogP contribution in [0.2, 0.25) is 0 Å². The number of hydrogen-bond acceptors (Lipinski definition) is 5. The fourth-order valence-electron chi connectivity index (χ4n) is 3.97. The van der Waals surface area contributed by atoms with Crippen molar-refractivity contribution in [2.45, 2.75) is 70.7 Å². The van der Waals surface area contributed by atoms with Gasteiger partial charge in [0.2, 0.25) is 0 Å². The minimum Gasteiger partial charge on any atom is -0.444 e. The summed E-state index contributed by atoms with van der Waals surface area (Å²) in [6, 6.07) is -0.148. The van der Waals surface area contributed by atoms with E-state index in [1.165, 1.54) is 0 Å². The maximum atomic E-state index is 12.5. The molecule has 1 aromatic heterocycles. The number of aryl methyl sites for hydroxylation is 1. The van der Waals surface area contributed by atoms with Gasteiger partial charge in [0.1, 0.15) is 11.2 Å². The van der Waals surface area contributed by atoms with Gasteiger partial charge in [-0.1, -0.05) is 0 Å². The molecule has 1 fully saturated rings. The number of piperidine rings is 1. The number of aliphatic hydroxyl groups excluding tert-OH is 1. The first-order chi connectivity index (χ1) is 11.7. The zero-order valence-corrected chi connectivity index (χ0v) is 15.8. The summed E-state index contributed by atoms with van der Waals surface area (Å²) in [7, 11) is 0. The predicted octanol–water partition coefficient (Wildman–Crippen LogP) is 2.37. The summed E-state index contributed by atoms with van der Waals surface area (Å²) < 4.78 is 13.7. The molecule has 1 spiro atoms. The van der Waals surface area contributed by atoms with Gasteiger partial charge in [0.05, 0.1) is 31.1 Å². The molecule has 0 saturated carbocycles. The first kappa shape index (κ1) is 18.2. The van der Waals surface area contributed by atoms with E-state index in [0.717, 1.165) is 11.3 Å². The highest BCUT2D eigenvalue weighted by atomic mass is 16.6. The Balaban J connectivity index is 1.83. The second-order valence-electron chi connectivity index (χ2n) is 8.24. The van der Waals surface area contributed by atoms with Crippen molar-refractivity contribution in [1.29, 1.82) is 0 Å². The first-order valence-electron chi connectivity index (χ1n) is 8.96. The minimum atomic E-state index is -0.503. The van der Waals surface area contributed by atoms with E-state index < -0.39 is 11.2 Å². The van der Waals surface area contributed by atoms with Crippen molar-refractivity contribution in [2.75, 3.05) is 19.8 Å². The van der Waals surface area contributed by atoms with Gasteiger partial charge in [-0.3, -0.25) is 4.68 Å². The number of carbonyl (C=O) groups excluding carboxylic acids is 1. The molecule has 0 radical (unpaired) electrons. The van der Waals surface area contributed by atoms with Crippen molar-refractivity contribution in [3.8, 4) is 0 Å². The number of aliphatic hydroxyl groups is 1. The zero-order chi connectivity index (χ0) is 18.4. The van der Waals surface area contributed by atoms with Crippen LogP contribution in [-0.2, 0) is 15.1 Å². The minimum absolute atomic E-state index is 0.00275. The molecule has 1 saturated heterocycles. The highest BCUT2D eigenvalue weighted by Crippen LogP contribution is 2.44. The van der Waals surface area contributed by atoms with E-state index in [-0.39, 0.29) is 24.8 Å². The molecule has 3 rings (SSSR count). The number of fused-ring (bicyclic) bond motifs is 2. The molecule has 140 valence electrons. The number of aromatic nitrogens is 2. The third-order valence-corrected chi connectivity index (χ3v) is 5.06. The van der Waals surface area contributed by atoms with Crippen molar-refractivity contribution < 1.29 is 19.4 Å². The average molecular weight is 351 g/mol. The summed E-state index contributed by atoms with van der Waals surface area (Å²) in [6.45, 7) is 10.7. The summed E-state index contributed by atoms with van der Waals surface area (Å²) in [6.07, 6.45) is 2.95. The third kappa shape index (κ3) is 3.27. The summed E-state index contributed by atoms with van der Waals surface area (Å²) in [5.41, 5.74) is 1.14. The number of amides is 1. The van der Waals surface area contributed by atoms with Crippen molar-refractivity contribution in [3.63, 3.8) is 0 Å². The van der Waals surface area contributed by atoms with Crippen molar-refractivity contribution in [1.82, 2.24) is 14.7 Å². The Bertz CT molecular complexity index is 651. The molecule has 0 aliphatic carbocycles. The van der Waals surface area contributed by atoms with E-state index >= 15 is 0 Å². The van der Waals surface area contributed by atoms with Gasteiger partial charge in [-0.05, 0) is 46.6 Å². The Hall–Kier alpha value is -1.60. The molecule has 1 amide bonds. The second kappa shape index (κ2) is 6.29. The largest absolute Gasteiger partial charge is 0.444 e. The Morgan fingerprint density at radius 1 is 1.52 bits per heavy atom. The van der Waals surface area contributed by atoms with Gasteiger partial charge in [-0.25, -0.2) is 4.79 Å². The van der Waals surface area contributed by atoms with E-state index in [1.54, 1.807) is 4.90 Å². The lowest BCUT2D eigenvalue weighted by molar-refractivity contribution is -0.139. The van der Waals surface area contributed by atoms with E-state index in [0.29, 0.717) is 26.0 Å². The fourth-order valence-corrected chi connectivity index (χ4v) is 3.97. The van der Waals surface area contributed by atoms with Gasteiger partial charge in [0.25, 0.3) is 0 Å². The Labute approximate surface area is 148 Å². The SMILES string of the molecule is Cc1cnn2c1[C@]1(CCN(C(=O)OC(C)(C)C)[C@H](C)C1)OCC2CO. The molecular formula is C18H29N3O4. The number of nitrogens with zero attached hydrogens (tertiary/aromatic N) is 3. The summed E-state index contributed by atoms with van der Waals surface area (Å²) >= 11 is 0. The number of hydrogen-bond donors (Lipinski definition) is 1. The number of carbonyl (C=O) groups is 1. The maximum absolute atomic E-state index is 12.5. The third-order valence-electron chi connectivity index (χ3n) is 5.06. The van der Waals surface area contributed by atoms with Crippen molar-refractivity contribution in [2.24, 2.45) is 0 Å². The monoisotopic (exact) mass is 351 g/mol. The van der Waals surface area contributed by atoms with Crippen LogP contribution in [0.3, 0.4) is 0 Å². The van der Waals surface area contributed by atoms with E-state index in [2.05, 4.69) is 5.10 Å². The van der Waals surface area contributed by atoms with Crippen LogP contribution in [0.25, 0.3) is 0 Å². The Kier molecular flexibility index (Phi) is 4.58. The van der Waals surface area contributed by atoms with Gasteiger partial charge in [0, 0.05) is 19.0 Å². The molecule has 1 aromatic rings. The Morgan fingerprint density at radius 2 is 2.24 bits per heavy atom. The lowest BCUT2D eigenvalue weighted by Gasteiger charge is -2.48. The molecule has 3 heterocycles. The summed E-state index contributed by atoms with van der Waals surface area (Å²) in [5, 5.41) is 14.1. The standard InChI is InChI=1S/C18H29N3O4/c1-12-9-19-21-14(10-22)11-24-18(15(12)21)6-7-20(13(2)8-18)16(23)25-17(3,4)5/h9,13-14,22H,6-8,10-11H2,1-5H3/t13-,14?,18-/m1/s1. The van der Waals surface area contributed by atoms with E-state index in [4.69, 9.17) is 9.47 Å². The van der Waals surface area contributed by atoms with Crippen LogP contribution in [-0.4, -0.2) is 57.3 Å². The Morgan fingerprint density at radius 3 is 2.84 bits per heavy atom. The molecule has 1 unspecified atom stereocenters. The molecule has 3 atom stereocenters. The number of rotatable bonds is 1. The van der Waals surface area contributed by atoms with Crippen LogP contribution in [0.15, 0.2) is 6.20 Å². The van der Waals surface area contributed by atoms with Crippen LogP contribution in [0, 0.1) is 6.92 Å². The number of ether oxygens (including phenoxy) is 2. The lowest BCUT2D eigenvalue weighted by Crippen LogP contribution is -2.55. The topological polar surface area (TPSA) is 76.8 Å². The summed E-state index contributed by atoms with van der Waals surface area (Å²) in [5.74, 6) is 0. The van der Waals surface area contributed by atoms with E-state index in [9.17, 15) is 9.90 Å². The molecule has 0 aromatic carbocycles. The highest BCUT2D eigenvalue weighted by molar-refractivity contribution is 5.68. The molecular weight excluding hydrogens is 322 g/mol. The smallest absolute Gasteiger partial charge is 0.410 e.